The summed E-state index contributed by atoms with van der Waals surface area (Å²) in [4.78, 5) is 15.0. The molecule has 2 aromatic carbocycles. The molecule has 0 spiro atoms. The summed E-state index contributed by atoms with van der Waals surface area (Å²) < 4.78 is 16.7. The van der Waals surface area contributed by atoms with Crippen molar-refractivity contribution < 1.29 is 19.0 Å². The van der Waals surface area contributed by atoms with Gasteiger partial charge in [0.15, 0.2) is 5.75 Å². The van der Waals surface area contributed by atoms with E-state index in [4.69, 9.17) is 43.1 Å². The van der Waals surface area contributed by atoms with Gasteiger partial charge in [-0.15, -0.1) is 12.4 Å². The summed E-state index contributed by atoms with van der Waals surface area (Å²) in [6.45, 7) is 4.24. The number of rotatable bonds is 11. The van der Waals surface area contributed by atoms with Crippen molar-refractivity contribution in [2.45, 2.75) is 32.2 Å². The number of halogens is 3. The largest absolute Gasteiger partial charge is 0.490 e. The van der Waals surface area contributed by atoms with Gasteiger partial charge in [0.2, 0.25) is 5.91 Å². The molecule has 2 unspecified atom stereocenters. The first kappa shape index (κ1) is 28.5. The van der Waals surface area contributed by atoms with Crippen LogP contribution in [0.3, 0.4) is 0 Å². The van der Waals surface area contributed by atoms with Crippen molar-refractivity contribution in [3.05, 3.63) is 57.6 Å². The molecule has 0 saturated carbocycles. The van der Waals surface area contributed by atoms with E-state index in [0.29, 0.717) is 48.6 Å². The molecule has 0 bridgehead atoms. The minimum absolute atomic E-state index is 0. The molecule has 188 valence electrons. The average Bonchev–Trinajstić information content (AvgIpc) is 3.25. The number of carbonyl (C=O) groups is 1. The standard InChI is InChI=1S/C25H32Cl2N2O4.ClH/c1-17-12-22(26)24(23(27)13-17)33-11-10-32-21-7-5-18(6-8-21)14-19(15-28)25(30)29-9-3-4-20(29)16-31-2;/h5-8,12-13,19-20H,3-4,9-11,14-16,28H2,1-2H3;1H. The van der Waals surface area contributed by atoms with Crippen molar-refractivity contribution in [2.75, 3.05) is 40.0 Å². The normalized spacial score (nSPS) is 16.1. The Hall–Kier alpha value is -1.70. The van der Waals surface area contributed by atoms with Gasteiger partial charge in [0.05, 0.1) is 28.6 Å². The van der Waals surface area contributed by atoms with Crippen LogP contribution in [0.15, 0.2) is 36.4 Å². The Morgan fingerprint density at radius 3 is 2.41 bits per heavy atom. The number of hydrogen-bond acceptors (Lipinski definition) is 5. The second-order valence-corrected chi connectivity index (χ2v) is 9.13. The third-order valence-electron chi connectivity index (χ3n) is 5.80. The van der Waals surface area contributed by atoms with Crippen molar-refractivity contribution in [3.8, 4) is 11.5 Å². The second kappa shape index (κ2) is 14.0. The van der Waals surface area contributed by atoms with Gasteiger partial charge in [0.1, 0.15) is 19.0 Å². The lowest BCUT2D eigenvalue weighted by atomic mass is 9.97. The summed E-state index contributed by atoms with van der Waals surface area (Å²) in [5.74, 6) is 1.06. The quantitative estimate of drug-likeness (QED) is 0.416. The highest BCUT2D eigenvalue weighted by molar-refractivity contribution is 6.37. The minimum atomic E-state index is -0.244. The van der Waals surface area contributed by atoms with Gasteiger partial charge in [-0.05, 0) is 61.6 Å². The maximum atomic E-state index is 13.0. The average molecular weight is 532 g/mol. The number of nitrogens with zero attached hydrogens (tertiary/aromatic N) is 1. The Bertz CT molecular complexity index is 904. The fourth-order valence-electron chi connectivity index (χ4n) is 4.13. The Labute approximate surface area is 218 Å². The molecule has 1 fully saturated rings. The smallest absolute Gasteiger partial charge is 0.227 e. The molecule has 3 rings (SSSR count). The number of hydrogen-bond donors (Lipinski definition) is 1. The molecule has 1 amide bonds. The monoisotopic (exact) mass is 530 g/mol. The number of likely N-dealkylation sites (tertiary alicyclic amines) is 1. The van der Waals surface area contributed by atoms with E-state index in [0.717, 1.165) is 36.3 Å². The predicted octanol–water partition coefficient (Wildman–Crippen LogP) is 4.94. The van der Waals surface area contributed by atoms with Gasteiger partial charge in [-0.2, -0.15) is 0 Å². The zero-order valence-electron chi connectivity index (χ0n) is 19.6. The van der Waals surface area contributed by atoms with E-state index in [1.54, 1.807) is 7.11 Å². The Morgan fingerprint density at radius 2 is 1.79 bits per heavy atom. The van der Waals surface area contributed by atoms with Crippen LogP contribution in [0.2, 0.25) is 10.0 Å². The van der Waals surface area contributed by atoms with Crippen molar-refractivity contribution in [3.63, 3.8) is 0 Å². The van der Waals surface area contributed by atoms with Gasteiger partial charge in [0.25, 0.3) is 0 Å². The molecule has 9 heteroatoms. The first-order valence-electron chi connectivity index (χ1n) is 11.2. The number of ether oxygens (including phenoxy) is 3. The number of benzene rings is 2. The molecule has 34 heavy (non-hydrogen) atoms. The van der Waals surface area contributed by atoms with Crippen LogP contribution < -0.4 is 15.2 Å². The second-order valence-electron chi connectivity index (χ2n) is 8.32. The van der Waals surface area contributed by atoms with Gasteiger partial charge in [-0.25, -0.2) is 0 Å². The number of nitrogens with two attached hydrogens (primary N) is 1. The molecule has 0 aromatic heterocycles. The third-order valence-corrected chi connectivity index (χ3v) is 6.36. The lowest BCUT2D eigenvalue weighted by Gasteiger charge is -2.28. The number of amides is 1. The molecule has 1 saturated heterocycles. The van der Waals surface area contributed by atoms with Gasteiger partial charge >= 0.3 is 0 Å². The zero-order chi connectivity index (χ0) is 23.8. The Kier molecular flexibility index (Phi) is 11.8. The van der Waals surface area contributed by atoms with Crippen LogP contribution in [0.1, 0.15) is 24.0 Å². The molecule has 2 aromatic rings. The summed E-state index contributed by atoms with van der Waals surface area (Å²) in [6, 6.07) is 11.5. The van der Waals surface area contributed by atoms with E-state index in [2.05, 4.69) is 0 Å². The molecule has 2 atom stereocenters. The summed E-state index contributed by atoms with van der Waals surface area (Å²) in [7, 11) is 1.67. The predicted molar refractivity (Wildman–Crippen MR) is 139 cm³/mol. The van der Waals surface area contributed by atoms with E-state index in [1.807, 2.05) is 48.2 Å². The summed E-state index contributed by atoms with van der Waals surface area (Å²) in [5.41, 5.74) is 7.98. The molecule has 1 aliphatic rings. The summed E-state index contributed by atoms with van der Waals surface area (Å²) in [5, 5.41) is 0.964. The van der Waals surface area contributed by atoms with Crippen molar-refractivity contribution in [1.82, 2.24) is 4.90 Å². The van der Waals surface area contributed by atoms with Crippen LogP contribution in [-0.2, 0) is 16.0 Å². The van der Waals surface area contributed by atoms with Crippen molar-refractivity contribution in [2.24, 2.45) is 11.7 Å². The Balaban J connectivity index is 0.00000408. The number of carbonyl (C=O) groups excluding carboxylic acids is 1. The number of aryl methyl sites for hydroxylation is 1. The van der Waals surface area contributed by atoms with E-state index in [9.17, 15) is 4.79 Å². The van der Waals surface area contributed by atoms with Crippen LogP contribution in [0.5, 0.6) is 11.5 Å². The Morgan fingerprint density at radius 1 is 1.15 bits per heavy atom. The summed E-state index contributed by atoms with van der Waals surface area (Å²) >= 11 is 12.4. The van der Waals surface area contributed by atoms with Crippen LogP contribution in [-0.4, -0.2) is 56.9 Å². The topological polar surface area (TPSA) is 74.0 Å². The highest BCUT2D eigenvalue weighted by Crippen LogP contribution is 2.34. The van der Waals surface area contributed by atoms with E-state index in [1.165, 1.54) is 0 Å². The lowest BCUT2D eigenvalue weighted by molar-refractivity contribution is -0.136. The molecule has 0 radical (unpaired) electrons. The van der Waals surface area contributed by atoms with Gasteiger partial charge in [-0.1, -0.05) is 35.3 Å². The first-order valence-corrected chi connectivity index (χ1v) is 12.0. The first-order chi connectivity index (χ1) is 15.9. The molecule has 0 aliphatic carbocycles. The van der Waals surface area contributed by atoms with Crippen LogP contribution in [0.25, 0.3) is 0 Å². The fraction of sp³-hybridized carbons (Fsp3) is 0.480. The van der Waals surface area contributed by atoms with Crippen molar-refractivity contribution >= 4 is 41.5 Å². The van der Waals surface area contributed by atoms with Crippen LogP contribution in [0, 0.1) is 12.8 Å². The summed E-state index contributed by atoms with van der Waals surface area (Å²) in [6.07, 6.45) is 2.59. The molecule has 6 nitrogen and oxygen atoms in total. The van der Waals surface area contributed by atoms with E-state index in [-0.39, 0.29) is 30.3 Å². The van der Waals surface area contributed by atoms with Crippen molar-refractivity contribution in [1.29, 1.82) is 0 Å². The fourth-order valence-corrected chi connectivity index (χ4v) is 4.84. The highest BCUT2D eigenvalue weighted by Gasteiger charge is 2.32. The van der Waals surface area contributed by atoms with Gasteiger partial charge in [0, 0.05) is 20.2 Å². The van der Waals surface area contributed by atoms with Gasteiger partial charge in [-0.3, -0.25) is 4.79 Å². The number of methoxy groups -OCH3 is 1. The lowest BCUT2D eigenvalue weighted by Crippen LogP contribution is -2.44. The maximum absolute atomic E-state index is 13.0. The molecular formula is C25H33Cl3N2O4. The maximum Gasteiger partial charge on any atom is 0.227 e. The van der Waals surface area contributed by atoms with Crippen LogP contribution >= 0.6 is 35.6 Å². The van der Waals surface area contributed by atoms with Crippen LogP contribution in [0.4, 0.5) is 0 Å². The molecule has 1 aliphatic heterocycles. The van der Waals surface area contributed by atoms with E-state index < -0.39 is 0 Å². The molecular weight excluding hydrogens is 499 g/mol. The van der Waals surface area contributed by atoms with E-state index >= 15 is 0 Å². The third kappa shape index (κ3) is 7.65. The molecule has 2 N–H and O–H groups in total. The SMILES string of the molecule is COCC1CCCN1C(=O)C(CN)Cc1ccc(OCCOc2c(Cl)cc(C)cc2Cl)cc1.Cl. The molecule has 1 heterocycles. The highest BCUT2D eigenvalue weighted by atomic mass is 35.5. The van der Waals surface area contributed by atoms with Gasteiger partial charge < -0.3 is 24.8 Å². The minimum Gasteiger partial charge on any atom is -0.490 e. The zero-order valence-corrected chi connectivity index (χ0v) is 21.9.